The van der Waals surface area contributed by atoms with E-state index in [9.17, 15) is 18.7 Å². The number of aliphatic hydroxyl groups is 1. The Morgan fingerprint density at radius 3 is 2.73 bits per heavy atom. The minimum Gasteiger partial charge on any atom is -0.389 e. The number of hydrogen-bond acceptors (Lipinski definition) is 4. The molecule has 0 spiro atoms. The molecule has 22 heavy (non-hydrogen) atoms. The Kier molecular flexibility index (Phi) is 5.18. The Morgan fingerprint density at radius 2 is 2.09 bits per heavy atom. The number of aliphatic hydroxyl groups excluding tert-OH is 1. The number of carbonyl (C=O) groups excluding carboxylic acids is 1. The van der Waals surface area contributed by atoms with Crippen molar-refractivity contribution in [1.29, 1.82) is 0 Å². The molecule has 1 aromatic carbocycles. The predicted octanol–water partition coefficient (Wildman–Crippen LogP) is 0.888. The van der Waals surface area contributed by atoms with E-state index in [0.717, 1.165) is 16.8 Å². The summed E-state index contributed by atoms with van der Waals surface area (Å²) in [6.07, 6.45) is 0.433. The highest BCUT2D eigenvalue weighted by Crippen LogP contribution is 2.16. The zero-order valence-corrected chi connectivity index (χ0v) is 11.8. The summed E-state index contributed by atoms with van der Waals surface area (Å²) in [7, 11) is 1.43. The summed E-state index contributed by atoms with van der Waals surface area (Å²) >= 11 is 0. The van der Waals surface area contributed by atoms with Crippen molar-refractivity contribution < 1.29 is 23.4 Å². The van der Waals surface area contributed by atoms with Crippen molar-refractivity contribution in [3.8, 4) is 5.69 Å². The van der Waals surface area contributed by atoms with Crippen molar-refractivity contribution in [3.05, 3.63) is 47.8 Å². The Labute approximate surface area is 125 Å². The second-order valence-corrected chi connectivity index (χ2v) is 4.54. The van der Waals surface area contributed by atoms with Crippen LogP contribution in [0.2, 0.25) is 0 Å². The van der Waals surface area contributed by atoms with Crippen molar-refractivity contribution in [2.75, 3.05) is 20.3 Å². The third-order valence-corrected chi connectivity index (χ3v) is 2.85. The summed E-state index contributed by atoms with van der Waals surface area (Å²) in [6.45, 7) is 0.0583. The van der Waals surface area contributed by atoms with Gasteiger partial charge in [-0.25, -0.2) is 13.5 Å². The zero-order chi connectivity index (χ0) is 16.1. The van der Waals surface area contributed by atoms with Crippen LogP contribution >= 0.6 is 0 Å². The molecule has 8 heteroatoms. The van der Waals surface area contributed by atoms with Gasteiger partial charge in [0.15, 0.2) is 17.3 Å². The van der Waals surface area contributed by atoms with E-state index in [0.29, 0.717) is 0 Å². The summed E-state index contributed by atoms with van der Waals surface area (Å²) in [5, 5.41) is 15.7. The molecule has 0 bridgehead atoms. The Hall–Kier alpha value is -2.32. The Morgan fingerprint density at radius 1 is 1.41 bits per heavy atom. The lowest BCUT2D eigenvalue weighted by Gasteiger charge is -2.09. The number of aromatic nitrogens is 2. The lowest BCUT2D eigenvalue weighted by molar-refractivity contribution is 0.0608. The molecule has 0 radical (unpaired) electrons. The van der Waals surface area contributed by atoms with Gasteiger partial charge in [0.2, 0.25) is 0 Å². The molecule has 2 aromatic rings. The third kappa shape index (κ3) is 3.66. The lowest BCUT2D eigenvalue weighted by Crippen LogP contribution is -2.34. The van der Waals surface area contributed by atoms with Gasteiger partial charge < -0.3 is 15.2 Å². The normalized spacial score (nSPS) is 12.2. The standard InChI is InChI=1S/C14H15F2N3O3/c1-22-8-9(20)7-17-14(21)12-5-6-19(18-12)13-10(15)3-2-4-11(13)16/h2-6,9,20H,7-8H2,1H3,(H,17,21). The molecule has 1 aromatic heterocycles. The van der Waals surface area contributed by atoms with Gasteiger partial charge in [0.25, 0.3) is 5.91 Å². The number of para-hydroxylation sites is 1. The predicted molar refractivity (Wildman–Crippen MR) is 73.7 cm³/mol. The quantitative estimate of drug-likeness (QED) is 0.830. The van der Waals surface area contributed by atoms with Crippen LogP contribution in [0.4, 0.5) is 8.78 Å². The van der Waals surface area contributed by atoms with Gasteiger partial charge >= 0.3 is 0 Å². The fraction of sp³-hybridized carbons (Fsp3) is 0.286. The lowest BCUT2D eigenvalue weighted by atomic mass is 10.3. The highest BCUT2D eigenvalue weighted by molar-refractivity contribution is 5.92. The maximum atomic E-state index is 13.6. The monoisotopic (exact) mass is 311 g/mol. The highest BCUT2D eigenvalue weighted by atomic mass is 19.1. The number of hydrogen-bond donors (Lipinski definition) is 2. The van der Waals surface area contributed by atoms with Gasteiger partial charge in [-0.1, -0.05) is 6.07 Å². The summed E-state index contributed by atoms with van der Waals surface area (Å²) in [5.74, 6) is -2.14. The van der Waals surface area contributed by atoms with Crippen molar-refractivity contribution >= 4 is 5.91 Å². The van der Waals surface area contributed by atoms with Gasteiger partial charge in [-0.2, -0.15) is 5.10 Å². The fourth-order valence-corrected chi connectivity index (χ4v) is 1.83. The summed E-state index contributed by atoms with van der Waals surface area (Å²) in [6, 6.07) is 4.76. The second-order valence-electron chi connectivity index (χ2n) is 4.54. The summed E-state index contributed by atoms with van der Waals surface area (Å²) < 4.78 is 32.9. The number of halogens is 2. The molecule has 2 N–H and O–H groups in total. The summed E-state index contributed by atoms with van der Waals surface area (Å²) in [5.41, 5.74) is -0.381. The molecule has 1 atom stereocenters. The van der Waals surface area contributed by atoms with Crippen molar-refractivity contribution in [3.63, 3.8) is 0 Å². The average Bonchev–Trinajstić information content (AvgIpc) is 2.94. The maximum Gasteiger partial charge on any atom is 0.271 e. The molecule has 0 saturated heterocycles. The number of methoxy groups -OCH3 is 1. The van der Waals surface area contributed by atoms with Crippen LogP contribution in [-0.4, -0.2) is 47.2 Å². The van der Waals surface area contributed by atoms with Crippen molar-refractivity contribution in [2.45, 2.75) is 6.10 Å². The SMILES string of the molecule is COCC(O)CNC(=O)c1ccn(-c2c(F)cccc2F)n1. The molecular formula is C14H15F2N3O3. The number of carbonyl (C=O) groups is 1. The van der Waals surface area contributed by atoms with Gasteiger partial charge in [0.1, 0.15) is 5.69 Å². The molecule has 0 fully saturated rings. The average molecular weight is 311 g/mol. The Balaban J connectivity index is 2.10. The minimum atomic E-state index is -0.847. The van der Waals surface area contributed by atoms with Gasteiger partial charge in [0.05, 0.1) is 12.7 Å². The van der Waals surface area contributed by atoms with Gasteiger partial charge in [-0.05, 0) is 18.2 Å². The van der Waals surface area contributed by atoms with Crippen molar-refractivity contribution in [2.24, 2.45) is 0 Å². The molecule has 0 aliphatic heterocycles. The molecule has 0 aliphatic rings. The van der Waals surface area contributed by atoms with Crippen LogP contribution in [0.1, 0.15) is 10.5 Å². The number of benzene rings is 1. The largest absolute Gasteiger partial charge is 0.389 e. The number of nitrogens with zero attached hydrogens (tertiary/aromatic N) is 2. The first-order chi connectivity index (χ1) is 10.5. The zero-order valence-electron chi connectivity index (χ0n) is 11.8. The second kappa shape index (κ2) is 7.10. The Bertz CT molecular complexity index is 640. The van der Waals surface area contributed by atoms with Gasteiger partial charge in [0, 0.05) is 19.9 Å². The van der Waals surface area contributed by atoms with E-state index in [1.54, 1.807) is 0 Å². The highest BCUT2D eigenvalue weighted by Gasteiger charge is 2.15. The van der Waals surface area contributed by atoms with E-state index in [1.807, 2.05) is 0 Å². The molecule has 2 rings (SSSR count). The van der Waals surface area contributed by atoms with Crippen LogP contribution in [0.3, 0.4) is 0 Å². The molecule has 0 aliphatic carbocycles. The third-order valence-electron chi connectivity index (χ3n) is 2.85. The van der Waals surface area contributed by atoms with Gasteiger partial charge in [-0.3, -0.25) is 4.79 Å². The first-order valence-electron chi connectivity index (χ1n) is 6.48. The fourth-order valence-electron chi connectivity index (χ4n) is 1.83. The van der Waals surface area contributed by atoms with E-state index in [1.165, 1.54) is 25.4 Å². The summed E-state index contributed by atoms with van der Waals surface area (Å²) in [4.78, 5) is 11.8. The van der Waals surface area contributed by atoms with E-state index >= 15 is 0 Å². The number of nitrogens with one attached hydrogen (secondary N) is 1. The first kappa shape index (κ1) is 16.1. The van der Waals surface area contributed by atoms with Crippen LogP contribution < -0.4 is 5.32 Å². The van der Waals surface area contributed by atoms with E-state index in [4.69, 9.17) is 4.74 Å². The molecule has 118 valence electrons. The number of ether oxygens (including phenoxy) is 1. The molecule has 1 amide bonds. The minimum absolute atomic E-state index is 0.0202. The maximum absolute atomic E-state index is 13.6. The van der Waals surface area contributed by atoms with Gasteiger partial charge in [-0.15, -0.1) is 0 Å². The van der Waals surface area contributed by atoms with Crippen molar-refractivity contribution in [1.82, 2.24) is 15.1 Å². The van der Waals surface area contributed by atoms with Crippen LogP contribution in [0, 0.1) is 11.6 Å². The smallest absolute Gasteiger partial charge is 0.271 e. The molecule has 6 nitrogen and oxygen atoms in total. The van der Waals surface area contributed by atoms with E-state index < -0.39 is 23.6 Å². The van der Waals surface area contributed by atoms with E-state index in [-0.39, 0.29) is 24.5 Å². The number of amides is 1. The molecule has 1 heterocycles. The number of rotatable bonds is 6. The molecule has 0 saturated carbocycles. The topological polar surface area (TPSA) is 76.4 Å². The van der Waals surface area contributed by atoms with Crippen LogP contribution in [-0.2, 0) is 4.74 Å². The first-order valence-corrected chi connectivity index (χ1v) is 6.48. The van der Waals surface area contributed by atoms with Crippen LogP contribution in [0.15, 0.2) is 30.5 Å². The van der Waals surface area contributed by atoms with E-state index in [2.05, 4.69) is 10.4 Å². The van der Waals surface area contributed by atoms with Crippen LogP contribution in [0.5, 0.6) is 0 Å². The molecular weight excluding hydrogens is 296 g/mol. The van der Waals surface area contributed by atoms with Crippen LogP contribution in [0.25, 0.3) is 5.69 Å². The molecule has 1 unspecified atom stereocenters.